The van der Waals surface area contributed by atoms with Crippen LogP contribution in [0.25, 0.3) is 0 Å². The van der Waals surface area contributed by atoms with E-state index in [1.807, 2.05) is 0 Å². The Morgan fingerprint density at radius 2 is 0.590 bits per heavy atom. The van der Waals surface area contributed by atoms with Gasteiger partial charge in [0.15, 0.2) is 4.75 Å². The molecule has 0 aromatic heterocycles. The zero-order chi connectivity index (χ0) is 45.0. The second-order valence-corrected chi connectivity index (χ2v) is 21.0. The Hall–Kier alpha value is -1.15. The maximum absolute atomic E-state index is 12.8. The molecule has 0 aliphatic heterocycles. The van der Waals surface area contributed by atoms with Crippen LogP contribution in [0.5, 0.6) is 0 Å². The van der Waals surface area contributed by atoms with Crippen molar-refractivity contribution in [2.45, 2.75) is 320 Å². The Morgan fingerprint density at radius 1 is 0.377 bits per heavy atom. The molecule has 2 atom stereocenters. The number of rotatable bonds is 51. The maximum Gasteiger partial charge on any atom is 0.327 e. The minimum atomic E-state index is -5.04. The van der Waals surface area contributed by atoms with Gasteiger partial charge in [-0.25, -0.2) is 0 Å². The van der Waals surface area contributed by atoms with E-state index in [0.29, 0.717) is 19.3 Å². The van der Waals surface area contributed by atoms with Gasteiger partial charge in [-0.2, -0.15) is 8.42 Å². The van der Waals surface area contributed by atoms with Crippen LogP contribution in [-0.4, -0.2) is 39.9 Å². The smallest absolute Gasteiger partial charge is 0.327 e. The van der Waals surface area contributed by atoms with Gasteiger partial charge in [0, 0.05) is 5.92 Å². The quantitative estimate of drug-likeness (QED) is 0.0410. The van der Waals surface area contributed by atoms with E-state index in [0.717, 1.165) is 44.9 Å². The van der Waals surface area contributed by atoms with Crippen molar-refractivity contribution >= 4 is 22.1 Å². The lowest BCUT2D eigenvalue weighted by molar-refractivity contribution is -0.144. The molecule has 2 unspecified atom stereocenters. The molecule has 0 aliphatic carbocycles. The molecule has 0 rings (SSSR count). The molecule has 0 amide bonds. The Morgan fingerprint density at radius 3 is 0.787 bits per heavy atom. The van der Waals surface area contributed by atoms with Gasteiger partial charge in [0.05, 0.1) is 6.42 Å². The van der Waals surface area contributed by atoms with Crippen molar-refractivity contribution < 1.29 is 32.8 Å². The van der Waals surface area contributed by atoms with Crippen LogP contribution >= 0.6 is 0 Å². The number of hydrogen-bond acceptors (Lipinski definition) is 4. The molecule has 0 aromatic rings. The SMILES string of the molecule is CCCCCCCCCCCCCCCCCCCCCCCCC(CC(=O)O)C(CCCCCCCCCCCCCCCCCCCCCCCC)(C(=O)O)S(=O)(=O)O. The number of carbonyl (C=O) groups is 2. The molecule has 0 saturated carbocycles. The summed E-state index contributed by atoms with van der Waals surface area (Å²) in [5.41, 5.74) is 0. The van der Waals surface area contributed by atoms with E-state index in [-0.39, 0.29) is 12.8 Å². The van der Waals surface area contributed by atoms with Gasteiger partial charge >= 0.3 is 11.9 Å². The molecule has 0 aromatic carbocycles. The Bertz CT molecular complexity index is 1060. The molecular formula is C53H104O7S. The van der Waals surface area contributed by atoms with Gasteiger partial charge in [0.1, 0.15) is 0 Å². The van der Waals surface area contributed by atoms with Crippen molar-refractivity contribution in [3.63, 3.8) is 0 Å². The third kappa shape index (κ3) is 35.8. The van der Waals surface area contributed by atoms with E-state index in [9.17, 15) is 32.8 Å². The standard InChI is InChI=1S/C53H104O7S/c1-3-5-7-9-11-13-15-17-19-21-23-25-27-29-31-33-35-37-39-41-43-45-47-50(49-51(54)55)53(52(56)57,61(58,59)60)48-46-44-42-40-38-36-34-32-30-28-26-24-22-20-18-16-14-12-10-8-6-4-2/h50H,3-49H2,1-2H3,(H,54,55)(H,56,57)(H,58,59,60). The highest BCUT2D eigenvalue weighted by Crippen LogP contribution is 2.38. The van der Waals surface area contributed by atoms with Gasteiger partial charge in [0.2, 0.25) is 0 Å². The molecular weight excluding hydrogens is 781 g/mol. The summed E-state index contributed by atoms with van der Waals surface area (Å²) in [6.45, 7) is 4.55. The van der Waals surface area contributed by atoms with Crippen molar-refractivity contribution in [3.8, 4) is 0 Å². The lowest BCUT2D eigenvalue weighted by Crippen LogP contribution is -2.53. The lowest BCUT2D eigenvalue weighted by atomic mass is 9.80. The first-order valence-electron chi connectivity index (χ1n) is 27.1. The first-order valence-corrected chi connectivity index (χ1v) is 28.5. The van der Waals surface area contributed by atoms with Crippen molar-refractivity contribution in [1.29, 1.82) is 0 Å². The first-order chi connectivity index (χ1) is 29.6. The van der Waals surface area contributed by atoms with Crippen molar-refractivity contribution in [2.24, 2.45) is 5.92 Å². The van der Waals surface area contributed by atoms with Crippen LogP contribution in [0.15, 0.2) is 0 Å². The van der Waals surface area contributed by atoms with E-state index in [2.05, 4.69) is 13.8 Å². The Labute approximate surface area is 379 Å². The lowest BCUT2D eigenvalue weighted by Gasteiger charge is -2.34. The fourth-order valence-electron chi connectivity index (χ4n) is 9.64. The predicted octanol–water partition coefficient (Wildman–Crippen LogP) is 17.8. The number of carboxylic acids is 2. The average Bonchev–Trinajstić information content (AvgIpc) is 3.22. The summed E-state index contributed by atoms with van der Waals surface area (Å²) in [6.07, 6.45) is 54.1. The number of aliphatic carboxylic acids is 2. The fraction of sp³-hybridized carbons (Fsp3) is 0.962. The summed E-state index contributed by atoms with van der Waals surface area (Å²) in [5.74, 6) is -4.02. The van der Waals surface area contributed by atoms with Gasteiger partial charge in [-0.05, 0) is 12.8 Å². The van der Waals surface area contributed by atoms with Gasteiger partial charge < -0.3 is 10.2 Å². The number of hydrogen-bond donors (Lipinski definition) is 3. The highest BCUT2D eigenvalue weighted by atomic mass is 32.2. The normalized spacial score (nSPS) is 13.4. The summed E-state index contributed by atoms with van der Waals surface area (Å²) < 4.78 is 33.4. The van der Waals surface area contributed by atoms with E-state index in [1.165, 1.54) is 218 Å². The highest BCUT2D eigenvalue weighted by molar-refractivity contribution is 7.88. The Kier molecular flexibility index (Phi) is 43.2. The third-order valence-electron chi connectivity index (χ3n) is 13.7. The average molecular weight is 885 g/mol. The summed E-state index contributed by atoms with van der Waals surface area (Å²) in [6, 6.07) is 0. The third-order valence-corrected chi connectivity index (χ3v) is 15.3. The molecule has 0 aliphatic rings. The molecule has 61 heavy (non-hydrogen) atoms. The van der Waals surface area contributed by atoms with Gasteiger partial charge in [0.25, 0.3) is 10.1 Å². The summed E-state index contributed by atoms with van der Waals surface area (Å²) in [7, 11) is -5.04. The Balaban J connectivity index is 4.12. The van der Waals surface area contributed by atoms with Gasteiger partial charge in [-0.15, -0.1) is 0 Å². The summed E-state index contributed by atoms with van der Waals surface area (Å²) in [4.78, 5) is 24.5. The van der Waals surface area contributed by atoms with E-state index >= 15 is 0 Å². The summed E-state index contributed by atoms with van der Waals surface area (Å²) >= 11 is 0. The molecule has 0 bridgehead atoms. The van der Waals surface area contributed by atoms with Crippen molar-refractivity contribution in [3.05, 3.63) is 0 Å². The molecule has 8 heteroatoms. The maximum atomic E-state index is 12.8. The first kappa shape index (κ1) is 59.9. The minimum Gasteiger partial charge on any atom is -0.481 e. The van der Waals surface area contributed by atoms with Crippen LogP contribution in [0, 0.1) is 5.92 Å². The van der Waals surface area contributed by atoms with Gasteiger partial charge in [-0.1, -0.05) is 296 Å². The van der Waals surface area contributed by atoms with Crippen LogP contribution in [0.1, 0.15) is 316 Å². The number of unbranched alkanes of at least 4 members (excludes halogenated alkanes) is 42. The minimum absolute atomic E-state index is 0.164. The molecule has 0 saturated heterocycles. The second kappa shape index (κ2) is 44.1. The van der Waals surface area contributed by atoms with Crippen molar-refractivity contribution in [1.82, 2.24) is 0 Å². The number of carboxylic acid groups (broad SMARTS) is 2. The van der Waals surface area contributed by atoms with E-state index in [1.54, 1.807) is 0 Å². The molecule has 0 radical (unpaired) electrons. The van der Waals surface area contributed by atoms with E-state index < -0.39 is 39.1 Å². The predicted molar refractivity (Wildman–Crippen MR) is 261 cm³/mol. The highest BCUT2D eigenvalue weighted by Gasteiger charge is 2.56. The van der Waals surface area contributed by atoms with Crippen LogP contribution in [0.3, 0.4) is 0 Å². The van der Waals surface area contributed by atoms with Crippen LogP contribution in [0.4, 0.5) is 0 Å². The zero-order valence-electron chi connectivity index (χ0n) is 40.7. The van der Waals surface area contributed by atoms with E-state index in [4.69, 9.17) is 0 Å². The second-order valence-electron chi connectivity index (χ2n) is 19.4. The topological polar surface area (TPSA) is 129 Å². The van der Waals surface area contributed by atoms with Crippen molar-refractivity contribution in [2.75, 3.05) is 0 Å². The zero-order valence-corrected chi connectivity index (χ0v) is 41.5. The monoisotopic (exact) mass is 885 g/mol. The van der Waals surface area contributed by atoms with Crippen LogP contribution in [0.2, 0.25) is 0 Å². The van der Waals surface area contributed by atoms with Gasteiger partial charge in [-0.3, -0.25) is 14.1 Å². The molecule has 7 nitrogen and oxygen atoms in total. The summed E-state index contributed by atoms with van der Waals surface area (Å²) in [5, 5.41) is 19.9. The largest absolute Gasteiger partial charge is 0.481 e. The molecule has 0 fully saturated rings. The molecule has 364 valence electrons. The molecule has 0 spiro atoms. The molecule has 0 heterocycles. The van der Waals surface area contributed by atoms with Crippen LogP contribution in [-0.2, 0) is 19.7 Å². The molecule has 3 N–H and O–H groups in total. The fourth-order valence-corrected chi connectivity index (χ4v) is 10.9. The van der Waals surface area contributed by atoms with Crippen LogP contribution < -0.4 is 0 Å².